The fraction of sp³-hybridized carbons (Fsp3) is 0.462. The topological polar surface area (TPSA) is 100 Å². The number of hydrogen-bond acceptors (Lipinski definition) is 5. The van der Waals surface area contributed by atoms with Gasteiger partial charge < -0.3 is 26.1 Å². The van der Waals surface area contributed by atoms with Gasteiger partial charge in [-0.3, -0.25) is 0 Å². The van der Waals surface area contributed by atoms with E-state index in [-0.39, 0.29) is 12.4 Å². The molecule has 1 rings (SSSR count). The van der Waals surface area contributed by atoms with Gasteiger partial charge in [0.05, 0.1) is 13.2 Å². The van der Waals surface area contributed by atoms with Gasteiger partial charge in [-0.25, -0.2) is 0 Å². The Bertz CT molecular complexity index is 379. The van der Waals surface area contributed by atoms with Crippen LogP contribution in [-0.2, 0) is 11.3 Å². The van der Waals surface area contributed by atoms with Crippen molar-refractivity contribution in [1.82, 2.24) is 5.32 Å². The van der Waals surface area contributed by atoms with Crippen molar-refractivity contribution >= 4 is 5.84 Å². The molecule has 1 aromatic carbocycles. The number of hydrogen-bond donors (Lipinski definition) is 4. The van der Waals surface area contributed by atoms with Crippen LogP contribution < -0.4 is 11.1 Å². The van der Waals surface area contributed by atoms with E-state index in [9.17, 15) is 0 Å². The predicted molar refractivity (Wildman–Crippen MR) is 73.2 cm³/mol. The van der Waals surface area contributed by atoms with Crippen molar-refractivity contribution in [3.05, 3.63) is 35.4 Å². The van der Waals surface area contributed by atoms with Crippen LogP contribution in [-0.4, -0.2) is 42.5 Å². The molecule has 0 saturated heterocycles. The Hall–Kier alpha value is -1.63. The zero-order valence-electron chi connectivity index (χ0n) is 10.9. The molecule has 0 spiro atoms. The molecular formula is C13H21N3O3. The zero-order valence-corrected chi connectivity index (χ0v) is 10.9. The van der Waals surface area contributed by atoms with Crippen LogP contribution in [0.3, 0.4) is 0 Å². The number of rotatable bonds is 9. The Kier molecular flexibility index (Phi) is 7.57. The van der Waals surface area contributed by atoms with E-state index in [0.29, 0.717) is 18.8 Å². The Morgan fingerprint density at radius 1 is 1.26 bits per heavy atom. The highest BCUT2D eigenvalue weighted by molar-refractivity contribution is 5.96. The molecule has 6 nitrogen and oxygen atoms in total. The molecule has 0 aliphatic rings. The molecule has 5 N–H and O–H groups in total. The highest BCUT2D eigenvalue weighted by Gasteiger charge is 1.99. The lowest BCUT2D eigenvalue weighted by Gasteiger charge is -2.06. The third-order valence-electron chi connectivity index (χ3n) is 2.56. The standard InChI is InChI=1S/C13H21N3O3/c14-13(16-18)12-4-2-11(3-5-12)10-15-6-1-8-19-9-7-17/h2-5,15,17-18H,1,6-10H2,(H2,14,16). The number of nitrogens with two attached hydrogens (primary N) is 1. The second kappa shape index (κ2) is 9.32. The average Bonchev–Trinajstić information content (AvgIpc) is 2.46. The van der Waals surface area contributed by atoms with Crippen molar-refractivity contribution in [3.8, 4) is 0 Å². The lowest BCUT2D eigenvalue weighted by Crippen LogP contribution is -2.17. The second-order valence-electron chi connectivity index (χ2n) is 4.05. The number of amidine groups is 1. The molecule has 1 aromatic rings. The molecule has 0 heterocycles. The largest absolute Gasteiger partial charge is 0.409 e. The van der Waals surface area contributed by atoms with E-state index in [1.54, 1.807) is 0 Å². The van der Waals surface area contributed by atoms with Gasteiger partial charge in [-0.1, -0.05) is 29.4 Å². The third kappa shape index (κ3) is 6.19. The fourth-order valence-corrected chi connectivity index (χ4v) is 1.55. The third-order valence-corrected chi connectivity index (χ3v) is 2.56. The van der Waals surface area contributed by atoms with E-state index >= 15 is 0 Å². The van der Waals surface area contributed by atoms with Crippen LogP contribution in [0.4, 0.5) is 0 Å². The summed E-state index contributed by atoms with van der Waals surface area (Å²) in [5.74, 6) is 0.112. The van der Waals surface area contributed by atoms with Gasteiger partial charge in [0.25, 0.3) is 0 Å². The second-order valence-corrected chi connectivity index (χ2v) is 4.05. The smallest absolute Gasteiger partial charge is 0.170 e. The van der Waals surface area contributed by atoms with Crippen LogP contribution in [0.25, 0.3) is 0 Å². The molecule has 106 valence electrons. The molecule has 0 bridgehead atoms. The summed E-state index contributed by atoms with van der Waals surface area (Å²) in [5, 5.41) is 23.3. The first-order valence-corrected chi connectivity index (χ1v) is 6.24. The van der Waals surface area contributed by atoms with Gasteiger partial charge >= 0.3 is 0 Å². The molecule has 0 radical (unpaired) electrons. The number of ether oxygens (including phenoxy) is 1. The predicted octanol–water partition coefficient (Wildman–Crippen LogP) is 0.270. The van der Waals surface area contributed by atoms with Gasteiger partial charge in [0, 0.05) is 18.7 Å². The van der Waals surface area contributed by atoms with Crippen LogP contribution in [0.1, 0.15) is 17.5 Å². The molecule has 0 aromatic heterocycles. The highest BCUT2D eigenvalue weighted by Crippen LogP contribution is 2.04. The Morgan fingerprint density at radius 3 is 2.63 bits per heavy atom. The highest BCUT2D eigenvalue weighted by atomic mass is 16.5. The normalized spacial score (nSPS) is 11.7. The summed E-state index contributed by atoms with van der Waals surface area (Å²) in [7, 11) is 0. The first-order chi connectivity index (χ1) is 9.27. The summed E-state index contributed by atoms with van der Waals surface area (Å²) in [6.45, 7) is 2.73. The summed E-state index contributed by atoms with van der Waals surface area (Å²) in [4.78, 5) is 0. The van der Waals surface area contributed by atoms with Gasteiger partial charge in [-0.2, -0.15) is 0 Å². The molecule has 0 fully saturated rings. The molecule has 0 amide bonds. The Labute approximate surface area is 112 Å². The van der Waals surface area contributed by atoms with Crippen molar-refractivity contribution < 1.29 is 15.1 Å². The van der Waals surface area contributed by atoms with Crippen molar-refractivity contribution in [1.29, 1.82) is 0 Å². The van der Waals surface area contributed by atoms with Gasteiger partial charge in [0.2, 0.25) is 0 Å². The first-order valence-electron chi connectivity index (χ1n) is 6.24. The molecule has 0 atom stereocenters. The lowest BCUT2D eigenvalue weighted by atomic mass is 10.1. The lowest BCUT2D eigenvalue weighted by molar-refractivity contribution is 0.0907. The molecule has 6 heteroatoms. The van der Waals surface area contributed by atoms with Crippen LogP contribution in [0.2, 0.25) is 0 Å². The minimum Gasteiger partial charge on any atom is -0.409 e. The van der Waals surface area contributed by atoms with Gasteiger partial charge in [0.1, 0.15) is 0 Å². The summed E-state index contributed by atoms with van der Waals surface area (Å²) < 4.78 is 5.15. The van der Waals surface area contributed by atoms with Crippen molar-refractivity contribution in [2.24, 2.45) is 10.9 Å². The number of aliphatic hydroxyl groups is 1. The monoisotopic (exact) mass is 267 g/mol. The van der Waals surface area contributed by atoms with E-state index in [1.165, 1.54) is 0 Å². The van der Waals surface area contributed by atoms with Crippen molar-refractivity contribution in [2.75, 3.05) is 26.4 Å². The minimum atomic E-state index is 0.0695. The molecule has 0 aliphatic heterocycles. The number of nitrogens with zero attached hydrogens (tertiary/aromatic N) is 1. The maximum Gasteiger partial charge on any atom is 0.170 e. The van der Waals surface area contributed by atoms with Crippen LogP contribution >= 0.6 is 0 Å². The number of aliphatic hydroxyl groups excluding tert-OH is 1. The summed E-state index contributed by atoms with van der Waals surface area (Å²) in [6.07, 6.45) is 0.905. The van der Waals surface area contributed by atoms with Gasteiger partial charge in [0.15, 0.2) is 5.84 Å². The molecule has 0 unspecified atom stereocenters. The van der Waals surface area contributed by atoms with Gasteiger partial charge in [-0.15, -0.1) is 0 Å². The zero-order chi connectivity index (χ0) is 13.9. The summed E-state index contributed by atoms with van der Waals surface area (Å²) in [6, 6.07) is 7.50. The maximum absolute atomic E-state index is 8.54. The number of benzene rings is 1. The Morgan fingerprint density at radius 2 is 2.00 bits per heavy atom. The van der Waals surface area contributed by atoms with Crippen LogP contribution in [0, 0.1) is 0 Å². The quantitative estimate of drug-likeness (QED) is 0.169. The van der Waals surface area contributed by atoms with E-state index in [1.807, 2.05) is 24.3 Å². The van der Waals surface area contributed by atoms with Crippen LogP contribution in [0.5, 0.6) is 0 Å². The first kappa shape index (κ1) is 15.4. The SMILES string of the molecule is N/C(=N/O)c1ccc(CNCCCOCCO)cc1. The average molecular weight is 267 g/mol. The molecule has 19 heavy (non-hydrogen) atoms. The fourth-order valence-electron chi connectivity index (χ4n) is 1.55. The van der Waals surface area contributed by atoms with Crippen molar-refractivity contribution in [2.45, 2.75) is 13.0 Å². The summed E-state index contributed by atoms with van der Waals surface area (Å²) in [5.41, 5.74) is 7.30. The number of nitrogens with one attached hydrogen (secondary N) is 1. The molecule has 0 saturated carbocycles. The van der Waals surface area contributed by atoms with E-state index in [2.05, 4.69) is 10.5 Å². The van der Waals surface area contributed by atoms with E-state index in [0.717, 1.165) is 25.1 Å². The van der Waals surface area contributed by atoms with E-state index < -0.39 is 0 Å². The van der Waals surface area contributed by atoms with Gasteiger partial charge in [-0.05, 0) is 18.5 Å². The van der Waals surface area contributed by atoms with Crippen LogP contribution in [0.15, 0.2) is 29.4 Å². The van der Waals surface area contributed by atoms with E-state index in [4.69, 9.17) is 20.8 Å². The molecule has 0 aliphatic carbocycles. The minimum absolute atomic E-state index is 0.0695. The maximum atomic E-state index is 8.54. The summed E-state index contributed by atoms with van der Waals surface area (Å²) >= 11 is 0. The Balaban J connectivity index is 2.19. The molecular weight excluding hydrogens is 246 g/mol. The number of oxime groups is 1. The van der Waals surface area contributed by atoms with Crippen molar-refractivity contribution in [3.63, 3.8) is 0 Å².